The summed E-state index contributed by atoms with van der Waals surface area (Å²) in [6, 6.07) is 13.2. The van der Waals surface area contributed by atoms with Crippen LogP contribution in [0.15, 0.2) is 85.5 Å². The Morgan fingerprint density at radius 2 is 1.00 bits per heavy atom. The first-order chi connectivity index (χ1) is 24.6. The Labute approximate surface area is 295 Å². The summed E-state index contributed by atoms with van der Waals surface area (Å²) in [6.45, 7) is 10.0. The predicted molar refractivity (Wildman–Crippen MR) is 184 cm³/mol. The van der Waals surface area contributed by atoms with Crippen LogP contribution >= 0.6 is 0 Å². The highest BCUT2D eigenvalue weighted by Crippen LogP contribution is 2.28. The molecule has 0 aliphatic heterocycles. The van der Waals surface area contributed by atoms with Crippen molar-refractivity contribution in [3.63, 3.8) is 0 Å². The standard InChI is InChI=1S/C39H42F2O10/c1-4-36(42)48-23-11-7-5-9-21-46-30-17-13-28(14-18-30)38(44)50-34-25-33(41)35(26-32(34)40)51-39(45)29-15-19-31(20-16-29)47-22-10-6-8-12-24-49-37(43)27(2)3/h4,13-20,25-26H,1-2,5-12,21-24H2,3H3. The average Bonchev–Trinajstić information content (AvgIpc) is 3.12. The summed E-state index contributed by atoms with van der Waals surface area (Å²) in [4.78, 5) is 47.5. The molecule has 0 fully saturated rings. The first-order valence-corrected chi connectivity index (χ1v) is 16.6. The average molecular weight is 709 g/mol. The van der Waals surface area contributed by atoms with E-state index in [1.165, 1.54) is 24.3 Å². The molecule has 3 aromatic carbocycles. The quantitative estimate of drug-likeness (QED) is 0.0437. The van der Waals surface area contributed by atoms with Crippen molar-refractivity contribution in [1.29, 1.82) is 0 Å². The van der Waals surface area contributed by atoms with Gasteiger partial charge in [-0.15, -0.1) is 0 Å². The maximum absolute atomic E-state index is 14.8. The lowest BCUT2D eigenvalue weighted by molar-refractivity contribution is -0.139. The molecule has 51 heavy (non-hydrogen) atoms. The summed E-state index contributed by atoms with van der Waals surface area (Å²) in [7, 11) is 0. The van der Waals surface area contributed by atoms with Gasteiger partial charge in [0.15, 0.2) is 23.1 Å². The Bertz CT molecular complexity index is 1630. The molecule has 0 aliphatic carbocycles. The summed E-state index contributed by atoms with van der Waals surface area (Å²) in [5, 5.41) is 0. The summed E-state index contributed by atoms with van der Waals surface area (Å²) in [5.74, 6) is -5.23. The van der Waals surface area contributed by atoms with Crippen molar-refractivity contribution < 1.29 is 56.4 Å². The van der Waals surface area contributed by atoms with E-state index in [0.29, 0.717) is 55.6 Å². The second-order valence-corrected chi connectivity index (χ2v) is 11.4. The summed E-state index contributed by atoms with van der Waals surface area (Å²) >= 11 is 0. The van der Waals surface area contributed by atoms with Crippen molar-refractivity contribution >= 4 is 23.9 Å². The van der Waals surface area contributed by atoms with E-state index in [-0.39, 0.29) is 11.1 Å². The highest BCUT2D eigenvalue weighted by Gasteiger charge is 2.19. The number of carbonyl (C=O) groups excluding carboxylic acids is 4. The van der Waals surface area contributed by atoms with Crippen LogP contribution in [0.2, 0.25) is 0 Å². The van der Waals surface area contributed by atoms with E-state index in [0.717, 1.165) is 57.4 Å². The highest BCUT2D eigenvalue weighted by atomic mass is 19.1. The van der Waals surface area contributed by atoms with Gasteiger partial charge >= 0.3 is 23.9 Å². The van der Waals surface area contributed by atoms with E-state index in [1.54, 1.807) is 31.2 Å². The lowest BCUT2D eigenvalue weighted by Gasteiger charge is -2.11. The van der Waals surface area contributed by atoms with Crippen LogP contribution in [0.25, 0.3) is 0 Å². The summed E-state index contributed by atoms with van der Waals surface area (Å²) < 4.78 is 61.0. The normalized spacial score (nSPS) is 10.5. The number of rotatable bonds is 22. The summed E-state index contributed by atoms with van der Waals surface area (Å²) in [6.07, 6.45) is 7.64. The zero-order valence-corrected chi connectivity index (χ0v) is 28.6. The molecule has 0 N–H and O–H groups in total. The number of unbranched alkanes of at least 4 members (excludes halogenated alkanes) is 6. The Kier molecular flexibility index (Phi) is 16.9. The van der Waals surface area contributed by atoms with Gasteiger partial charge in [-0.25, -0.2) is 28.0 Å². The van der Waals surface area contributed by atoms with Gasteiger partial charge in [0, 0.05) is 23.8 Å². The number of esters is 4. The van der Waals surface area contributed by atoms with Crippen molar-refractivity contribution in [3.8, 4) is 23.0 Å². The van der Waals surface area contributed by atoms with Crippen LogP contribution in [0.5, 0.6) is 23.0 Å². The van der Waals surface area contributed by atoms with Gasteiger partial charge in [-0.05, 0) is 107 Å². The molecule has 0 aliphatic rings. The molecule has 0 spiro atoms. The van der Waals surface area contributed by atoms with Gasteiger partial charge in [0.25, 0.3) is 0 Å². The van der Waals surface area contributed by atoms with Gasteiger partial charge in [-0.3, -0.25) is 0 Å². The van der Waals surface area contributed by atoms with E-state index in [2.05, 4.69) is 13.2 Å². The smallest absolute Gasteiger partial charge is 0.343 e. The molecule has 0 saturated carbocycles. The van der Waals surface area contributed by atoms with E-state index in [1.807, 2.05) is 0 Å². The highest BCUT2D eigenvalue weighted by molar-refractivity contribution is 5.92. The largest absolute Gasteiger partial charge is 0.494 e. The number of hydrogen-bond acceptors (Lipinski definition) is 10. The third kappa shape index (κ3) is 14.5. The molecule has 3 rings (SSSR count). The molecule has 0 unspecified atom stereocenters. The molecule has 0 radical (unpaired) electrons. The van der Waals surface area contributed by atoms with Crippen LogP contribution in [0.1, 0.15) is 79.0 Å². The fraction of sp³-hybridized carbons (Fsp3) is 0.333. The maximum Gasteiger partial charge on any atom is 0.343 e. The van der Waals surface area contributed by atoms with Crippen LogP contribution in [0.4, 0.5) is 8.78 Å². The molecule has 0 heterocycles. The van der Waals surface area contributed by atoms with E-state index in [9.17, 15) is 28.0 Å². The predicted octanol–water partition coefficient (Wildman–Crippen LogP) is 8.13. The molecule has 0 aromatic heterocycles. The van der Waals surface area contributed by atoms with Crippen molar-refractivity contribution in [1.82, 2.24) is 0 Å². The molecular weight excluding hydrogens is 666 g/mol. The van der Waals surface area contributed by atoms with Crippen molar-refractivity contribution in [3.05, 3.63) is 108 Å². The monoisotopic (exact) mass is 708 g/mol. The number of hydrogen-bond donors (Lipinski definition) is 0. The summed E-state index contributed by atoms with van der Waals surface area (Å²) in [5.41, 5.74) is 0.531. The van der Waals surface area contributed by atoms with Crippen molar-refractivity contribution in [2.45, 2.75) is 58.3 Å². The molecule has 10 nitrogen and oxygen atoms in total. The minimum atomic E-state index is -1.11. The molecule has 3 aromatic rings. The van der Waals surface area contributed by atoms with Gasteiger partial charge in [0.1, 0.15) is 11.5 Å². The second kappa shape index (κ2) is 21.5. The van der Waals surface area contributed by atoms with Gasteiger partial charge in [-0.1, -0.05) is 13.2 Å². The molecular formula is C39H42F2O10. The fourth-order valence-corrected chi connectivity index (χ4v) is 4.37. The first-order valence-electron chi connectivity index (χ1n) is 16.6. The van der Waals surface area contributed by atoms with E-state index in [4.69, 9.17) is 28.4 Å². The Morgan fingerprint density at radius 3 is 1.39 bits per heavy atom. The molecule has 272 valence electrons. The number of halogens is 2. The van der Waals surface area contributed by atoms with Crippen LogP contribution in [0, 0.1) is 11.6 Å². The maximum atomic E-state index is 14.8. The fourth-order valence-electron chi connectivity index (χ4n) is 4.37. The van der Waals surface area contributed by atoms with Gasteiger partial charge in [0.2, 0.25) is 0 Å². The van der Waals surface area contributed by atoms with Crippen LogP contribution in [-0.4, -0.2) is 50.3 Å². The van der Waals surface area contributed by atoms with Crippen LogP contribution in [-0.2, 0) is 19.1 Å². The zero-order chi connectivity index (χ0) is 37.0. The van der Waals surface area contributed by atoms with Crippen LogP contribution < -0.4 is 18.9 Å². The Morgan fingerprint density at radius 1 is 0.608 bits per heavy atom. The van der Waals surface area contributed by atoms with E-state index >= 15 is 0 Å². The second-order valence-electron chi connectivity index (χ2n) is 11.4. The molecule has 0 saturated heterocycles. The zero-order valence-electron chi connectivity index (χ0n) is 28.6. The minimum absolute atomic E-state index is 0.0815. The number of carbonyl (C=O) groups is 4. The lowest BCUT2D eigenvalue weighted by atomic mass is 10.2. The Hall–Kier alpha value is -5.52. The minimum Gasteiger partial charge on any atom is -0.494 e. The molecule has 12 heteroatoms. The van der Waals surface area contributed by atoms with Crippen molar-refractivity contribution in [2.75, 3.05) is 26.4 Å². The van der Waals surface area contributed by atoms with Gasteiger partial charge in [0.05, 0.1) is 37.6 Å². The number of ether oxygens (including phenoxy) is 6. The molecule has 0 atom stereocenters. The lowest BCUT2D eigenvalue weighted by Crippen LogP contribution is -2.12. The van der Waals surface area contributed by atoms with Crippen LogP contribution in [0.3, 0.4) is 0 Å². The van der Waals surface area contributed by atoms with E-state index < -0.39 is 47.0 Å². The topological polar surface area (TPSA) is 124 Å². The Balaban J connectivity index is 1.39. The number of benzene rings is 3. The van der Waals surface area contributed by atoms with Gasteiger partial charge < -0.3 is 28.4 Å². The first kappa shape index (κ1) is 39.9. The SMILES string of the molecule is C=CC(=O)OCCCCCCOc1ccc(C(=O)Oc2cc(F)c(OC(=O)c3ccc(OCCCCCCOC(=O)C(=C)C)cc3)cc2F)cc1. The van der Waals surface area contributed by atoms with Crippen molar-refractivity contribution in [2.24, 2.45) is 0 Å². The third-order valence-corrected chi connectivity index (χ3v) is 7.18. The molecule has 0 amide bonds. The third-order valence-electron chi connectivity index (χ3n) is 7.18. The molecule has 0 bridgehead atoms. The van der Waals surface area contributed by atoms with Gasteiger partial charge in [-0.2, -0.15) is 0 Å².